The minimum absolute atomic E-state index is 0.176. The maximum atomic E-state index is 10.6. The summed E-state index contributed by atoms with van der Waals surface area (Å²) >= 11 is 0. The lowest BCUT2D eigenvalue weighted by molar-refractivity contribution is -0.402. The van der Waals surface area contributed by atoms with E-state index in [0.717, 1.165) is 26.2 Å². The molecular weight excluding hydrogens is 246 g/mol. The molecule has 1 aliphatic rings. The molecule has 0 saturated carbocycles. The predicted octanol–water partition coefficient (Wildman–Crippen LogP) is 2.01. The van der Waals surface area contributed by atoms with Crippen LogP contribution in [0.4, 0.5) is 5.88 Å². The molecule has 2 rings (SSSR count). The van der Waals surface area contributed by atoms with Crippen LogP contribution >= 0.6 is 0 Å². The molecule has 0 aromatic carbocycles. The summed E-state index contributed by atoms with van der Waals surface area (Å²) in [5.41, 5.74) is 0. The van der Waals surface area contributed by atoms with Gasteiger partial charge in [-0.25, -0.2) is 0 Å². The summed E-state index contributed by atoms with van der Waals surface area (Å²) in [4.78, 5) is 12.4. The van der Waals surface area contributed by atoms with Crippen molar-refractivity contribution in [2.45, 2.75) is 26.3 Å². The molecule has 1 aromatic rings. The third-order valence-corrected chi connectivity index (χ3v) is 3.57. The van der Waals surface area contributed by atoms with E-state index in [2.05, 4.69) is 17.1 Å². The summed E-state index contributed by atoms with van der Waals surface area (Å²) in [5, 5.41) is 14.0. The molecular formula is C13H21N3O3. The van der Waals surface area contributed by atoms with Crippen LogP contribution < -0.4 is 5.32 Å². The molecule has 106 valence electrons. The fourth-order valence-corrected chi connectivity index (χ4v) is 2.52. The Balaban J connectivity index is 1.88. The highest BCUT2D eigenvalue weighted by molar-refractivity contribution is 5.17. The maximum Gasteiger partial charge on any atom is 0.433 e. The molecule has 2 heterocycles. The molecule has 1 unspecified atom stereocenters. The number of nitro groups is 1. The van der Waals surface area contributed by atoms with E-state index in [9.17, 15) is 10.1 Å². The van der Waals surface area contributed by atoms with Crippen LogP contribution in [0.25, 0.3) is 0 Å². The van der Waals surface area contributed by atoms with Gasteiger partial charge in [-0.1, -0.05) is 6.92 Å². The summed E-state index contributed by atoms with van der Waals surface area (Å²) in [6, 6.07) is 3.12. The normalized spacial score (nSPS) is 19.8. The molecule has 1 N–H and O–H groups in total. The molecule has 1 fully saturated rings. The van der Waals surface area contributed by atoms with E-state index >= 15 is 0 Å². The Bertz CT molecular complexity index is 413. The number of piperidine rings is 1. The van der Waals surface area contributed by atoms with Gasteiger partial charge in [-0.15, -0.1) is 0 Å². The van der Waals surface area contributed by atoms with Crippen LogP contribution in [-0.4, -0.2) is 36.0 Å². The lowest BCUT2D eigenvalue weighted by Crippen LogP contribution is -2.38. The minimum Gasteiger partial charge on any atom is -0.404 e. The van der Waals surface area contributed by atoms with Gasteiger partial charge in [0.15, 0.2) is 0 Å². The Morgan fingerprint density at radius 3 is 3.00 bits per heavy atom. The average molecular weight is 267 g/mol. The Labute approximate surface area is 112 Å². The zero-order valence-corrected chi connectivity index (χ0v) is 11.3. The maximum absolute atomic E-state index is 10.6. The molecule has 1 atom stereocenters. The topological polar surface area (TPSA) is 71.5 Å². The quantitative estimate of drug-likeness (QED) is 0.630. The van der Waals surface area contributed by atoms with Crippen molar-refractivity contribution in [3.63, 3.8) is 0 Å². The summed E-state index contributed by atoms with van der Waals surface area (Å²) in [5.74, 6) is 1.15. The Morgan fingerprint density at radius 2 is 2.42 bits per heavy atom. The second-order valence-corrected chi connectivity index (χ2v) is 5.04. The van der Waals surface area contributed by atoms with Gasteiger partial charge in [0.2, 0.25) is 0 Å². The number of rotatable bonds is 6. The standard InChI is InChI=1S/C13H21N3O3/c1-2-15(9-11-4-3-7-14-8-11)10-12-5-6-13(19-12)16(17)18/h5-6,11,14H,2-4,7-10H2,1H3. The van der Waals surface area contributed by atoms with Gasteiger partial charge in [0.1, 0.15) is 10.7 Å². The first-order valence-corrected chi connectivity index (χ1v) is 6.85. The van der Waals surface area contributed by atoms with E-state index in [4.69, 9.17) is 4.42 Å². The number of nitrogens with zero attached hydrogens (tertiary/aromatic N) is 2. The first kappa shape index (κ1) is 14.0. The van der Waals surface area contributed by atoms with Crippen molar-refractivity contribution in [3.05, 3.63) is 28.0 Å². The molecule has 0 aliphatic carbocycles. The fourth-order valence-electron chi connectivity index (χ4n) is 2.52. The zero-order valence-electron chi connectivity index (χ0n) is 11.3. The van der Waals surface area contributed by atoms with Crippen LogP contribution in [0.1, 0.15) is 25.5 Å². The molecule has 1 saturated heterocycles. The Hall–Kier alpha value is -1.40. The summed E-state index contributed by atoms with van der Waals surface area (Å²) in [6.45, 7) is 6.86. The van der Waals surface area contributed by atoms with Crippen LogP contribution in [0.15, 0.2) is 16.5 Å². The van der Waals surface area contributed by atoms with Crippen molar-refractivity contribution in [3.8, 4) is 0 Å². The van der Waals surface area contributed by atoms with Gasteiger partial charge in [-0.05, 0) is 44.5 Å². The van der Waals surface area contributed by atoms with Crippen molar-refractivity contribution >= 4 is 5.88 Å². The van der Waals surface area contributed by atoms with E-state index in [-0.39, 0.29) is 5.88 Å². The van der Waals surface area contributed by atoms with E-state index in [1.165, 1.54) is 18.9 Å². The van der Waals surface area contributed by atoms with Crippen molar-refractivity contribution in [1.29, 1.82) is 0 Å². The second kappa shape index (κ2) is 6.68. The Morgan fingerprint density at radius 1 is 1.58 bits per heavy atom. The van der Waals surface area contributed by atoms with Crippen LogP contribution in [-0.2, 0) is 6.54 Å². The van der Waals surface area contributed by atoms with Crippen molar-refractivity contribution in [2.75, 3.05) is 26.2 Å². The molecule has 1 aromatic heterocycles. The van der Waals surface area contributed by atoms with Gasteiger partial charge in [0.25, 0.3) is 0 Å². The molecule has 0 radical (unpaired) electrons. The van der Waals surface area contributed by atoms with Crippen LogP contribution in [0.2, 0.25) is 0 Å². The number of hydrogen-bond donors (Lipinski definition) is 1. The van der Waals surface area contributed by atoms with Gasteiger partial charge in [0.05, 0.1) is 12.6 Å². The van der Waals surface area contributed by atoms with Crippen molar-refractivity contribution in [1.82, 2.24) is 10.2 Å². The lowest BCUT2D eigenvalue weighted by Gasteiger charge is -2.28. The monoisotopic (exact) mass is 267 g/mol. The Kier molecular flexibility index (Phi) is 4.93. The third kappa shape index (κ3) is 4.04. The molecule has 0 amide bonds. The van der Waals surface area contributed by atoms with E-state index in [0.29, 0.717) is 18.2 Å². The van der Waals surface area contributed by atoms with Gasteiger partial charge in [-0.2, -0.15) is 0 Å². The van der Waals surface area contributed by atoms with Gasteiger partial charge < -0.3 is 9.73 Å². The summed E-state index contributed by atoms with van der Waals surface area (Å²) < 4.78 is 5.21. The van der Waals surface area contributed by atoms with Gasteiger partial charge in [0, 0.05) is 6.54 Å². The van der Waals surface area contributed by atoms with E-state index in [1.54, 1.807) is 6.07 Å². The lowest BCUT2D eigenvalue weighted by atomic mass is 9.99. The van der Waals surface area contributed by atoms with Crippen molar-refractivity contribution in [2.24, 2.45) is 5.92 Å². The minimum atomic E-state index is -0.495. The van der Waals surface area contributed by atoms with Gasteiger partial charge in [-0.3, -0.25) is 15.0 Å². The summed E-state index contributed by atoms with van der Waals surface area (Å²) in [7, 11) is 0. The second-order valence-electron chi connectivity index (χ2n) is 5.04. The molecule has 6 heteroatoms. The predicted molar refractivity (Wildman–Crippen MR) is 71.9 cm³/mol. The number of furan rings is 1. The van der Waals surface area contributed by atoms with E-state index < -0.39 is 4.92 Å². The number of nitrogens with one attached hydrogen (secondary N) is 1. The molecule has 0 spiro atoms. The van der Waals surface area contributed by atoms with Crippen LogP contribution in [0.3, 0.4) is 0 Å². The largest absolute Gasteiger partial charge is 0.433 e. The number of hydrogen-bond acceptors (Lipinski definition) is 5. The average Bonchev–Trinajstić information content (AvgIpc) is 2.88. The van der Waals surface area contributed by atoms with Gasteiger partial charge >= 0.3 is 5.88 Å². The third-order valence-electron chi connectivity index (χ3n) is 3.57. The molecule has 19 heavy (non-hydrogen) atoms. The molecule has 6 nitrogen and oxygen atoms in total. The van der Waals surface area contributed by atoms with Crippen molar-refractivity contribution < 1.29 is 9.34 Å². The fraction of sp³-hybridized carbons (Fsp3) is 0.692. The first-order chi connectivity index (χ1) is 9.19. The highest BCUT2D eigenvalue weighted by Crippen LogP contribution is 2.18. The summed E-state index contributed by atoms with van der Waals surface area (Å²) in [6.07, 6.45) is 2.48. The van der Waals surface area contributed by atoms with E-state index in [1.807, 2.05) is 0 Å². The van der Waals surface area contributed by atoms with Crippen LogP contribution in [0, 0.1) is 16.0 Å². The van der Waals surface area contributed by atoms with Crippen LogP contribution in [0.5, 0.6) is 0 Å². The zero-order chi connectivity index (χ0) is 13.7. The molecule has 0 bridgehead atoms. The smallest absolute Gasteiger partial charge is 0.404 e. The highest BCUT2D eigenvalue weighted by atomic mass is 16.6. The molecule has 1 aliphatic heterocycles. The SMILES string of the molecule is CCN(Cc1ccc([N+](=O)[O-])o1)CC1CCCNC1. The first-order valence-electron chi connectivity index (χ1n) is 6.85. The highest BCUT2D eigenvalue weighted by Gasteiger charge is 2.18.